The highest BCUT2D eigenvalue weighted by Crippen LogP contribution is 2.41. The quantitative estimate of drug-likeness (QED) is 0.845. The number of carbonyl (C=O) groups excluding carboxylic acids is 1. The Morgan fingerprint density at radius 3 is 2.43 bits per heavy atom. The molecule has 0 radical (unpaired) electrons. The molecule has 1 aromatic carbocycles. The zero-order valence-corrected chi connectivity index (χ0v) is 13.0. The second-order valence-corrected chi connectivity index (χ2v) is 6.73. The third-order valence-electron chi connectivity index (χ3n) is 4.53. The molecule has 0 saturated heterocycles. The van der Waals surface area contributed by atoms with Crippen molar-refractivity contribution in [3.05, 3.63) is 34.9 Å². The first-order chi connectivity index (χ1) is 10.2. The molecule has 0 spiro atoms. The van der Waals surface area contributed by atoms with E-state index in [2.05, 4.69) is 22.8 Å². The van der Waals surface area contributed by atoms with Gasteiger partial charge < -0.3 is 10.6 Å². The fourth-order valence-electron chi connectivity index (χ4n) is 3.21. The molecule has 1 unspecified atom stereocenters. The maximum Gasteiger partial charge on any atom is 0.234 e. The summed E-state index contributed by atoms with van der Waals surface area (Å²) >= 11 is 5.95. The van der Waals surface area contributed by atoms with Gasteiger partial charge in [0.2, 0.25) is 5.91 Å². The predicted octanol–water partition coefficient (Wildman–Crippen LogP) is 3.44. The van der Waals surface area contributed by atoms with Crippen LogP contribution in [0.1, 0.15) is 50.1 Å². The van der Waals surface area contributed by atoms with Crippen LogP contribution in [0.5, 0.6) is 0 Å². The highest BCUT2D eigenvalue weighted by Gasteiger charge is 2.32. The first-order valence-electron chi connectivity index (χ1n) is 8.00. The highest BCUT2D eigenvalue weighted by molar-refractivity contribution is 6.30. The van der Waals surface area contributed by atoms with Crippen LogP contribution >= 0.6 is 11.6 Å². The fourth-order valence-corrected chi connectivity index (χ4v) is 3.33. The summed E-state index contributed by atoms with van der Waals surface area (Å²) in [5.41, 5.74) is 1.23. The molecule has 0 heterocycles. The van der Waals surface area contributed by atoms with Crippen LogP contribution in [0.25, 0.3) is 0 Å². The first kappa shape index (κ1) is 14.9. The molecule has 3 nitrogen and oxygen atoms in total. The number of hydrogen-bond donors (Lipinski definition) is 2. The Morgan fingerprint density at radius 1 is 1.14 bits per heavy atom. The lowest BCUT2D eigenvalue weighted by Gasteiger charge is -2.20. The molecule has 1 atom stereocenters. The van der Waals surface area contributed by atoms with Gasteiger partial charge in [0.1, 0.15) is 0 Å². The van der Waals surface area contributed by atoms with Gasteiger partial charge in [0.25, 0.3) is 0 Å². The van der Waals surface area contributed by atoms with E-state index in [0.717, 1.165) is 17.9 Å². The van der Waals surface area contributed by atoms with Gasteiger partial charge in [0.15, 0.2) is 0 Å². The van der Waals surface area contributed by atoms with Gasteiger partial charge in [-0.2, -0.15) is 0 Å². The van der Waals surface area contributed by atoms with Crippen LogP contribution in [0.2, 0.25) is 5.02 Å². The van der Waals surface area contributed by atoms with Gasteiger partial charge in [-0.3, -0.25) is 4.79 Å². The van der Waals surface area contributed by atoms with Gasteiger partial charge in [0.05, 0.1) is 6.54 Å². The lowest BCUT2D eigenvalue weighted by atomic mass is 10.0. The molecule has 1 amide bonds. The molecule has 2 aliphatic rings. The molecule has 1 aromatic rings. The summed E-state index contributed by atoms with van der Waals surface area (Å²) in [4.78, 5) is 12.0. The van der Waals surface area contributed by atoms with E-state index in [1.807, 2.05) is 12.1 Å². The van der Waals surface area contributed by atoms with E-state index in [-0.39, 0.29) is 11.9 Å². The van der Waals surface area contributed by atoms with E-state index in [1.165, 1.54) is 31.2 Å². The minimum absolute atomic E-state index is 0.126. The van der Waals surface area contributed by atoms with Gasteiger partial charge in [0, 0.05) is 17.1 Å². The van der Waals surface area contributed by atoms with Gasteiger partial charge in [-0.1, -0.05) is 36.6 Å². The zero-order valence-electron chi connectivity index (χ0n) is 12.3. The lowest BCUT2D eigenvalue weighted by Crippen LogP contribution is -2.40. The summed E-state index contributed by atoms with van der Waals surface area (Å²) in [5, 5.41) is 7.32. The Balaban J connectivity index is 1.53. The summed E-state index contributed by atoms with van der Waals surface area (Å²) in [6.07, 6.45) is 7.24. The molecular formula is C17H23ClN2O. The molecular weight excluding hydrogens is 284 g/mol. The second kappa shape index (κ2) is 6.80. The fraction of sp³-hybridized carbons (Fsp3) is 0.588. The smallest absolute Gasteiger partial charge is 0.234 e. The SMILES string of the molecule is O=C(CNC(c1ccc(Cl)cc1)C1CC1)NC1CCCC1. The predicted molar refractivity (Wildman–Crippen MR) is 85.3 cm³/mol. The number of rotatable bonds is 6. The van der Waals surface area contributed by atoms with E-state index in [4.69, 9.17) is 11.6 Å². The maximum atomic E-state index is 12.0. The summed E-state index contributed by atoms with van der Waals surface area (Å²) in [5.74, 6) is 0.784. The molecule has 21 heavy (non-hydrogen) atoms. The molecule has 2 saturated carbocycles. The van der Waals surface area contributed by atoms with Crippen molar-refractivity contribution in [2.24, 2.45) is 5.92 Å². The Hall–Kier alpha value is -1.06. The van der Waals surface area contributed by atoms with Crippen LogP contribution in [0, 0.1) is 5.92 Å². The van der Waals surface area contributed by atoms with Crippen LogP contribution in [0.15, 0.2) is 24.3 Å². The van der Waals surface area contributed by atoms with Crippen LogP contribution in [-0.4, -0.2) is 18.5 Å². The Bertz CT molecular complexity index is 478. The summed E-state index contributed by atoms with van der Waals surface area (Å²) in [6, 6.07) is 8.64. The Labute approximate surface area is 131 Å². The van der Waals surface area contributed by atoms with Crippen molar-refractivity contribution < 1.29 is 4.79 Å². The molecule has 4 heteroatoms. The Morgan fingerprint density at radius 2 is 1.81 bits per heavy atom. The van der Waals surface area contributed by atoms with Crippen molar-refractivity contribution in [1.82, 2.24) is 10.6 Å². The minimum atomic E-state index is 0.126. The molecule has 0 bridgehead atoms. The van der Waals surface area contributed by atoms with E-state index < -0.39 is 0 Å². The van der Waals surface area contributed by atoms with Crippen LogP contribution < -0.4 is 10.6 Å². The van der Waals surface area contributed by atoms with Crippen molar-refractivity contribution in [2.45, 2.75) is 50.6 Å². The average molecular weight is 307 g/mol. The number of nitrogens with one attached hydrogen (secondary N) is 2. The average Bonchev–Trinajstić information content (AvgIpc) is 3.18. The molecule has 2 aliphatic carbocycles. The topological polar surface area (TPSA) is 41.1 Å². The molecule has 3 rings (SSSR count). The van der Waals surface area contributed by atoms with E-state index in [9.17, 15) is 4.79 Å². The van der Waals surface area contributed by atoms with Crippen LogP contribution in [0.3, 0.4) is 0 Å². The first-order valence-corrected chi connectivity index (χ1v) is 8.38. The van der Waals surface area contributed by atoms with E-state index in [1.54, 1.807) is 0 Å². The number of hydrogen-bond acceptors (Lipinski definition) is 2. The Kier molecular flexibility index (Phi) is 4.81. The summed E-state index contributed by atoms with van der Waals surface area (Å²) in [7, 11) is 0. The van der Waals surface area contributed by atoms with Gasteiger partial charge >= 0.3 is 0 Å². The van der Waals surface area contributed by atoms with Crippen LogP contribution in [0.4, 0.5) is 0 Å². The van der Waals surface area contributed by atoms with Gasteiger partial charge in [-0.15, -0.1) is 0 Å². The highest BCUT2D eigenvalue weighted by atomic mass is 35.5. The van der Waals surface area contributed by atoms with Crippen LogP contribution in [-0.2, 0) is 4.79 Å². The molecule has 0 aliphatic heterocycles. The summed E-state index contributed by atoms with van der Waals surface area (Å²) in [6.45, 7) is 0.403. The number of amides is 1. The van der Waals surface area contributed by atoms with Crippen molar-refractivity contribution >= 4 is 17.5 Å². The monoisotopic (exact) mass is 306 g/mol. The third kappa shape index (κ3) is 4.21. The third-order valence-corrected chi connectivity index (χ3v) is 4.78. The summed E-state index contributed by atoms with van der Waals surface area (Å²) < 4.78 is 0. The molecule has 114 valence electrons. The van der Waals surface area contributed by atoms with E-state index >= 15 is 0 Å². The minimum Gasteiger partial charge on any atom is -0.352 e. The molecule has 0 aromatic heterocycles. The van der Waals surface area contributed by atoms with Crippen molar-refractivity contribution in [3.8, 4) is 0 Å². The number of halogens is 1. The number of carbonyl (C=O) groups is 1. The molecule has 2 fully saturated rings. The van der Waals surface area contributed by atoms with Crippen molar-refractivity contribution in [3.63, 3.8) is 0 Å². The normalized spacial score (nSPS) is 20.4. The zero-order chi connectivity index (χ0) is 14.7. The van der Waals surface area contributed by atoms with Gasteiger partial charge in [-0.25, -0.2) is 0 Å². The standard InChI is InChI=1S/C17H23ClN2O/c18-14-9-7-13(8-10-14)17(12-5-6-12)19-11-16(21)20-15-3-1-2-4-15/h7-10,12,15,17,19H,1-6,11H2,(H,20,21). The van der Waals surface area contributed by atoms with E-state index in [0.29, 0.717) is 18.5 Å². The number of benzene rings is 1. The van der Waals surface area contributed by atoms with Gasteiger partial charge in [-0.05, 0) is 49.3 Å². The largest absolute Gasteiger partial charge is 0.352 e. The second-order valence-electron chi connectivity index (χ2n) is 6.30. The molecule has 2 N–H and O–H groups in total. The lowest BCUT2D eigenvalue weighted by molar-refractivity contribution is -0.121. The maximum absolute atomic E-state index is 12.0. The van der Waals surface area contributed by atoms with Crippen molar-refractivity contribution in [2.75, 3.05) is 6.54 Å². The van der Waals surface area contributed by atoms with Crippen molar-refractivity contribution in [1.29, 1.82) is 0 Å².